The second kappa shape index (κ2) is 8.28. The highest BCUT2D eigenvalue weighted by molar-refractivity contribution is 14.1. The van der Waals surface area contributed by atoms with Gasteiger partial charge in [-0.2, -0.15) is 15.0 Å². The van der Waals surface area contributed by atoms with Gasteiger partial charge in [0.15, 0.2) is 0 Å². The van der Waals surface area contributed by atoms with E-state index in [-0.39, 0.29) is 11.3 Å². The summed E-state index contributed by atoms with van der Waals surface area (Å²) in [5.41, 5.74) is 2.18. The van der Waals surface area contributed by atoms with Crippen molar-refractivity contribution in [3.63, 3.8) is 0 Å². The first kappa shape index (κ1) is 21.8. The molecule has 0 radical (unpaired) electrons. The van der Waals surface area contributed by atoms with Gasteiger partial charge in [0, 0.05) is 5.39 Å². The Balaban J connectivity index is 1.64. The molecule has 0 saturated heterocycles. The number of hydrogen-bond acceptors (Lipinski definition) is 6. The number of ether oxygens (including phenoxy) is 2. The molecule has 0 aliphatic heterocycles. The zero-order chi connectivity index (χ0) is 22.3. The lowest BCUT2D eigenvalue weighted by Crippen LogP contribution is -2.27. The van der Waals surface area contributed by atoms with E-state index in [4.69, 9.17) is 21.1 Å². The number of hydrogen-bond donors (Lipinski definition) is 0. The summed E-state index contributed by atoms with van der Waals surface area (Å²) in [4.78, 5) is 17.0. The van der Waals surface area contributed by atoms with Gasteiger partial charge in [-0.25, -0.2) is 9.78 Å². The average molecular weight is 551 g/mol. The van der Waals surface area contributed by atoms with Crippen LogP contribution in [0.3, 0.4) is 0 Å². The molecule has 2 aromatic heterocycles. The normalized spacial score (nSPS) is 15.9. The average Bonchev–Trinajstić information content (AvgIpc) is 3.03. The van der Waals surface area contributed by atoms with Crippen LogP contribution in [0.4, 0.5) is 4.79 Å². The zero-order valence-electron chi connectivity index (χ0n) is 17.3. The molecule has 31 heavy (non-hydrogen) atoms. The number of benzene rings is 1. The number of aryl methyl sites for hydroxylation is 1. The van der Waals surface area contributed by atoms with Crippen LogP contribution >= 0.6 is 34.2 Å². The minimum Gasteiger partial charge on any atom is -0.484 e. The molecule has 0 spiro atoms. The van der Waals surface area contributed by atoms with E-state index < -0.39 is 11.7 Å². The Labute approximate surface area is 198 Å². The molecule has 1 aliphatic rings. The van der Waals surface area contributed by atoms with Crippen molar-refractivity contribution in [3.05, 3.63) is 49.9 Å². The van der Waals surface area contributed by atoms with Crippen molar-refractivity contribution in [2.75, 3.05) is 0 Å². The molecule has 1 aromatic carbocycles. The van der Waals surface area contributed by atoms with Crippen LogP contribution in [0.25, 0.3) is 10.9 Å². The van der Waals surface area contributed by atoms with E-state index in [2.05, 4.69) is 38.7 Å². The van der Waals surface area contributed by atoms with Crippen LogP contribution in [0, 0.1) is 15.0 Å². The first-order valence-electron chi connectivity index (χ1n) is 9.84. The van der Waals surface area contributed by atoms with Crippen LogP contribution in [-0.4, -0.2) is 26.5 Å². The Hall–Kier alpha value is -2.38. The third kappa shape index (κ3) is 4.48. The summed E-state index contributed by atoms with van der Waals surface area (Å²) in [6.45, 7) is 5.44. The molecule has 0 bridgehead atoms. The smallest absolute Gasteiger partial charge is 0.435 e. The van der Waals surface area contributed by atoms with Crippen molar-refractivity contribution in [2.24, 2.45) is 0 Å². The number of rotatable bonds is 2. The number of carbonyl (C=O) groups is 1. The van der Waals surface area contributed by atoms with Crippen molar-refractivity contribution in [3.8, 4) is 11.8 Å². The first-order chi connectivity index (χ1) is 14.7. The van der Waals surface area contributed by atoms with Gasteiger partial charge in [0.05, 0.1) is 16.8 Å². The van der Waals surface area contributed by atoms with Gasteiger partial charge < -0.3 is 9.47 Å². The molecule has 0 saturated carbocycles. The number of carbonyl (C=O) groups excluding carboxylic acids is 1. The quantitative estimate of drug-likeness (QED) is 0.296. The van der Waals surface area contributed by atoms with Crippen molar-refractivity contribution < 1.29 is 14.3 Å². The lowest BCUT2D eigenvalue weighted by Gasteiger charge is -2.25. The minimum atomic E-state index is -0.613. The molecular formula is C22H20ClIN4O3. The molecule has 0 unspecified atom stereocenters. The number of halogens is 2. The zero-order valence-corrected chi connectivity index (χ0v) is 20.2. The molecule has 4 rings (SSSR count). The Bertz CT molecular complexity index is 1230. The number of pyridine rings is 1. The fourth-order valence-corrected chi connectivity index (χ4v) is 4.41. The number of fused-ring (bicyclic) bond motifs is 2. The lowest BCUT2D eigenvalue weighted by molar-refractivity contribution is 0.0522. The number of nitriles is 1. The number of aromatic nitrogens is 3. The predicted octanol–water partition coefficient (Wildman–Crippen LogP) is 5.80. The largest absolute Gasteiger partial charge is 0.484 e. The van der Waals surface area contributed by atoms with Gasteiger partial charge in [0.25, 0.3) is 0 Å². The van der Waals surface area contributed by atoms with Gasteiger partial charge in [0.1, 0.15) is 32.4 Å². The summed E-state index contributed by atoms with van der Waals surface area (Å²) >= 11 is 8.26. The second-order valence-electron chi connectivity index (χ2n) is 8.34. The van der Waals surface area contributed by atoms with Crippen molar-refractivity contribution in [1.29, 1.82) is 5.26 Å². The highest BCUT2D eigenvalue weighted by Gasteiger charge is 2.26. The molecule has 2 heterocycles. The Kier molecular flexibility index (Phi) is 5.83. The van der Waals surface area contributed by atoms with Crippen LogP contribution in [0.1, 0.15) is 56.5 Å². The van der Waals surface area contributed by atoms with Gasteiger partial charge in [-0.15, -0.1) is 0 Å². The molecule has 3 aromatic rings. The summed E-state index contributed by atoms with van der Waals surface area (Å²) < 4.78 is 13.7. The van der Waals surface area contributed by atoms with E-state index in [1.165, 1.54) is 4.68 Å². The van der Waals surface area contributed by atoms with E-state index in [1.54, 1.807) is 18.2 Å². The summed E-state index contributed by atoms with van der Waals surface area (Å²) in [5.74, 6) is 0.647. The van der Waals surface area contributed by atoms with Crippen LogP contribution in [0.15, 0.2) is 24.3 Å². The second-order valence-corrected chi connectivity index (χ2v) is 9.72. The first-order valence-corrected chi connectivity index (χ1v) is 11.3. The topological polar surface area (TPSA) is 90.0 Å². The minimum absolute atomic E-state index is 0.195. The highest BCUT2D eigenvalue weighted by Crippen LogP contribution is 2.35. The lowest BCUT2D eigenvalue weighted by atomic mass is 9.92. The monoisotopic (exact) mass is 550 g/mol. The van der Waals surface area contributed by atoms with E-state index in [9.17, 15) is 10.1 Å². The van der Waals surface area contributed by atoms with Gasteiger partial charge in [-0.3, -0.25) is 0 Å². The van der Waals surface area contributed by atoms with Crippen molar-refractivity contribution in [1.82, 2.24) is 14.8 Å². The maximum atomic E-state index is 12.5. The van der Waals surface area contributed by atoms with Crippen molar-refractivity contribution in [2.45, 2.75) is 51.7 Å². The SMILES string of the molecule is CC(C)(C)OC(=O)n1nc(I)c2cc(O[C@H]3CCCc4cc(C#N)c(Cl)nc43)ccc21. The summed E-state index contributed by atoms with van der Waals surface area (Å²) in [6.07, 6.45) is 1.79. The van der Waals surface area contributed by atoms with Gasteiger partial charge in [-0.05, 0) is 92.5 Å². The van der Waals surface area contributed by atoms with Crippen LogP contribution < -0.4 is 4.74 Å². The number of nitrogens with zero attached hydrogens (tertiary/aromatic N) is 4. The molecule has 9 heteroatoms. The Morgan fingerprint density at radius 1 is 1.35 bits per heavy atom. The molecule has 7 nitrogen and oxygen atoms in total. The van der Waals surface area contributed by atoms with E-state index in [1.807, 2.05) is 26.8 Å². The molecule has 1 atom stereocenters. The highest BCUT2D eigenvalue weighted by atomic mass is 127. The van der Waals surface area contributed by atoms with Crippen LogP contribution in [-0.2, 0) is 11.2 Å². The van der Waals surface area contributed by atoms with E-state index in [0.717, 1.165) is 35.9 Å². The van der Waals surface area contributed by atoms with E-state index >= 15 is 0 Å². The van der Waals surface area contributed by atoms with E-state index in [0.29, 0.717) is 20.5 Å². The standard InChI is InChI=1S/C22H20ClIN4O3/c1-22(2,3)31-21(29)28-16-8-7-14(10-15(16)20(24)27-28)30-17-6-4-5-12-9-13(11-25)19(23)26-18(12)17/h7-10,17H,4-6H2,1-3H3/t17-/m0/s1. The summed E-state index contributed by atoms with van der Waals surface area (Å²) in [6, 6.07) is 9.35. The molecule has 0 N–H and O–H groups in total. The molecule has 0 amide bonds. The maximum Gasteiger partial charge on any atom is 0.435 e. The summed E-state index contributed by atoms with van der Waals surface area (Å²) in [7, 11) is 0. The molecule has 1 aliphatic carbocycles. The van der Waals surface area contributed by atoms with Gasteiger partial charge in [0.2, 0.25) is 0 Å². The van der Waals surface area contributed by atoms with Gasteiger partial charge >= 0.3 is 6.09 Å². The van der Waals surface area contributed by atoms with Crippen LogP contribution in [0.5, 0.6) is 5.75 Å². The van der Waals surface area contributed by atoms with Gasteiger partial charge in [-0.1, -0.05) is 11.6 Å². The Morgan fingerprint density at radius 2 is 2.13 bits per heavy atom. The molecule has 160 valence electrons. The third-order valence-electron chi connectivity index (χ3n) is 4.88. The fourth-order valence-electron chi connectivity index (χ4n) is 3.57. The Morgan fingerprint density at radius 3 is 2.84 bits per heavy atom. The summed E-state index contributed by atoms with van der Waals surface area (Å²) in [5, 5.41) is 14.5. The van der Waals surface area contributed by atoms with Crippen LogP contribution in [0.2, 0.25) is 5.15 Å². The fraction of sp³-hybridized carbons (Fsp3) is 0.364. The predicted molar refractivity (Wildman–Crippen MR) is 124 cm³/mol. The molecule has 0 fully saturated rings. The molecular weight excluding hydrogens is 531 g/mol. The third-order valence-corrected chi connectivity index (χ3v) is 5.96. The van der Waals surface area contributed by atoms with Crippen molar-refractivity contribution >= 4 is 51.2 Å². The maximum absolute atomic E-state index is 12.5.